The second-order valence-electron chi connectivity index (χ2n) is 4.56. The summed E-state index contributed by atoms with van der Waals surface area (Å²) in [6.07, 6.45) is 1.43. The molecule has 0 unspecified atom stereocenters. The Morgan fingerprint density at radius 1 is 1.23 bits per heavy atom. The van der Waals surface area contributed by atoms with Crippen LogP contribution in [0.15, 0.2) is 52.5 Å². The van der Waals surface area contributed by atoms with Crippen molar-refractivity contribution in [3.8, 4) is 5.75 Å². The maximum absolute atomic E-state index is 12.3. The van der Waals surface area contributed by atoms with Gasteiger partial charge in [-0.05, 0) is 30.7 Å². The van der Waals surface area contributed by atoms with Crippen LogP contribution in [0.1, 0.15) is 11.1 Å². The molecule has 0 radical (unpaired) electrons. The van der Waals surface area contributed by atoms with Crippen LogP contribution in [0.2, 0.25) is 5.02 Å². The molecule has 2 rings (SSSR count). The van der Waals surface area contributed by atoms with E-state index in [9.17, 15) is 8.42 Å². The molecule has 7 heteroatoms. The van der Waals surface area contributed by atoms with Crippen molar-refractivity contribution in [3.63, 3.8) is 0 Å². The Kier molecular flexibility index (Phi) is 5.05. The summed E-state index contributed by atoms with van der Waals surface area (Å²) < 4.78 is 29.6. The molecule has 0 atom stereocenters. The van der Waals surface area contributed by atoms with Crippen molar-refractivity contribution in [1.29, 1.82) is 0 Å². The predicted octanol–water partition coefficient (Wildman–Crippen LogP) is 2.97. The monoisotopic (exact) mass is 338 g/mol. The molecule has 2 aromatic rings. The van der Waals surface area contributed by atoms with E-state index < -0.39 is 10.0 Å². The van der Waals surface area contributed by atoms with Crippen molar-refractivity contribution >= 4 is 27.8 Å². The zero-order valence-corrected chi connectivity index (χ0v) is 13.6. The van der Waals surface area contributed by atoms with Crippen LogP contribution in [0.25, 0.3) is 0 Å². The van der Waals surface area contributed by atoms with Gasteiger partial charge in [0.15, 0.2) is 0 Å². The number of sulfonamides is 1. The molecule has 22 heavy (non-hydrogen) atoms. The van der Waals surface area contributed by atoms with Gasteiger partial charge in [0.2, 0.25) is 0 Å². The van der Waals surface area contributed by atoms with Crippen molar-refractivity contribution < 1.29 is 13.2 Å². The lowest BCUT2D eigenvalue weighted by Crippen LogP contribution is -2.19. The van der Waals surface area contributed by atoms with Crippen LogP contribution >= 0.6 is 11.6 Å². The number of hydrogen-bond donors (Lipinski definition) is 1. The van der Waals surface area contributed by atoms with Gasteiger partial charge < -0.3 is 4.74 Å². The van der Waals surface area contributed by atoms with Gasteiger partial charge in [-0.1, -0.05) is 41.4 Å². The molecule has 0 aromatic heterocycles. The highest BCUT2D eigenvalue weighted by molar-refractivity contribution is 7.89. The van der Waals surface area contributed by atoms with Gasteiger partial charge >= 0.3 is 0 Å². The van der Waals surface area contributed by atoms with E-state index in [4.69, 9.17) is 16.3 Å². The molecule has 0 saturated heterocycles. The molecule has 5 nitrogen and oxygen atoms in total. The van der Waals surface area contributed by atoms with Gasteiger partial charge in [-0.2, -0.15) is 18.4 Å². The minimum Gasteiger partial charge on any atom is -0.495 e. The van der Waals surface area contributed by atoms with E-state index in [0.29, 0.717) is 5.02 Å². The van der Waals surface area contributed by atoms with Gasteiger partial charge in [0.05, 0.1) is 13.3 Å². The Labute approximate surface area is 134 Å². The summed E-state index contributed by atoms with van der Waals surface area (Å²) in [4.78, 5) is 2.08. The third kappa shape index (κ3) is 3.99. The van der Waals surface area contributed by atoms with Gasteiger partial charge in [-0.15, -0.1) is 0 Å². The fourth-order valence-corrected chi connectivity index (χ4v) is 3.06. The van der Waals surface area contributed by atoms with Crippen LogP contribution in [-0.4, -0.2) is 21.7 Å². The first kappa shape index (κ1) is 16.3. The van der Waals surface area contributed by atoms with Crippen molar-refractivity contribution in [2.45, 2.75) is 11.8 Å². The number of nitrogens with one attached hydrogen (secondary N) is 1. The molecule has 2 aromatic carbocycles. The Morgan fingerprint density at radius 2 is 2.00 bits per heavy atom. The maximum Gasteiger partial charge on any atom is 0.280 e. The fraction of sp³-hybridized carbons (Fsp3) is 0.133. The Balaban J connectivity index is 2.23. The van der Waals surface area contributed by atoms with Crippen molar-refractivity contribution in [3.05, 3.63) is 58.6 Å². The molecule has 0 amide bonds. The zero-order chi connectivity index (χ0) is 16.2. The summed E-state index contributed by atoms with van der Waals surface area (Å²) in [6, 6.07) is 11.9. The molecule has 0 heterocycles. The van der Waals surface area contributed by atoms with Crippen LogP contribution in [0.5, 0.6) is 5.75 Å². The Hall–Kier alpha value is -2.05. The van der Waals surface area contributed by atoms with Crippen molar-refractivity contribution in [2.24, 2.45) is 5.10 Å². The average molecular weight is 339 g/mol. The van der Waals surface area contributed by atoms with Gasteiger partial charge in [-0.3, -0.25) is 0 Å². The van der Waals surface area contributed by atoms with Gasteiger partial charge in [0.1, 0.15) is 10.6 Å². The molecule has 0 bridgehead atoms. The molecular weight excluding hydrogens is 324 g/mol. The number of benzene rings is 2. The largest absolute Gasteiger partial charge is 0.495 e. The lowest BCUT2D eigenvalue weighted by molar-refractivity contribution is 0.402. The topological polar surface area (TPSA) is 67.8 Å². The zero-order valence-electron chi connectivity index (χ0n) is 12.1. The first-order valence-corrected chi connectivity index (χ1v) is 8.23. The predicted molar refractivity (Wildman–Crippen MR) is 87.1 cm³/mol. The summed E-state index contributed by atoms with van der Waals surface area (Å²) in [5, 5.41) is 4.07. The van der Waals surface area contributed by atoms with Crippen molar-refractivity contribution in [2.75, 3.05) is 7.11 Å². The van der Waals surface area contributed by atoms with Gasteiger partial charge in [-0.25, -0.2) is 0 Å². The lowest BCUT2D eigenvalue weighted by atomic mass is 10.2. The Bertz CT molecular complexity index is 804. The third-order valence-electron chi connectivity index (χ3n) is 2.84. The van der Waals surface area contributed by atoms with E-state index in [1.165, 1.54) is 25.5 Å². The minimum atomic E-state index is -3.86. The molecule has 1 N–H and O–H groups in total. The molecule has 116 valence electrons. The van der Waals surface area contributed by atoms with E-state index in [1.807, 2.05) is 31.2 Å². The van der Waals surface area contributed by atoms with E-state index in [2.05, 4.69) is 9.93 Å². The highest BCUT2D eigenvalue weighted by atomic mass is 35.5. The van der Waals surface area contributed by atoms with Gasteiger partial charge in [0.25, 0.3) is 10.0 Å². The lowest BCUT2D eigenvalue weighted by Gasteiger charge is -2.09. The van der Waals surface area contributed by atoms with Crippen LogP contribution in [0.4, 0.5) is 0 Å². The molecule has 0 spiro atoms. The number of nitrogens with zero attached hydrogens (tertiary/aromatic N) is 1. The van der Waals surface area contributed by atoms with Crippen molar-refractivity contribution in [1.82, 2.24) is 4.83 Å². The summed E-state index contributed by atoms with van der Waals surface area (Å²) in [5.74, 6) is 0.197. The number of ether oxygens (including phenoxy) is 1. The smallest absolute Gasteiger partial charge is 0.280 e. The Morgan fingerprint density at radius 3 is 2.68 bits per heavy atom. The summed E-state index contributed by atoms with van der Waals surface area (Å²) in [7, 11) is -2.48. The molecule has 0 aliphatic heterocycles. The van der Waals surface area contributed by atoms with E-state index in [0.717, 1.165) is 11.1 Å². The number of aryl methyl sites for hydroxylation is 1. The number of hydrazone groups is 1. The van der Waals surface area contributed by atoms with Gasteiger partial charge in [0, 0.05) is 5.02 Å². The first-order chi connectivity index (χ1) is 10.4. The summed E-state index contributed by atoms with van der Waals surface area (Å²) >= 11 is 5.84. The van der Waals surface area contributed by atoms with Crippen LogP contribution < -0.4 is 9.57 Å². The van der Waals surface area contributed by atoms with E-state index in [1.54, 1.807) is 6.07 Å². The van der Waals surface area contributed by atoms with E-state index in [-0.39, 0.29) is 10.6 Å². The molecule has 0 fully saturated rings. The second kappa shape index (κ2) is 6.81. The summed E-state index contributed by atoms with van der Waals surface area (Å²) in [6.45, 7) is 1.94. The molecule has 0 aliphatic carbocycles. The first-order valence-electron chi connectivity index (χ1n) is 6.37. The normalized spacial score (nSPS) is 11.6. The van der Waals surface area contributed by atoms with Crippen LogP contribution in [-0.2, 0) is 10.0 Å². The highest BCUT2D eigenvalue weighted by Crippen LogP contribution is 2.26. The summed E-state index contributed by atoms with van der Waals surface area (Å²) in [5.41, 5.74) is 1.85. The average Bonchev–Trinajstić information content (AvgIpc) is 2.47. The third-order valence-corrected chi connectivity index (χ3v) is 4.32. The number of methoxy groups -OCH3 is 1. The highest BCUT2D eigenvalue weighted by Gasteiger charge is 2.19. The molecular formula is C15H15ClN2O3S. The number of hydrogen-bond acceptors (Lipinski definition) is 4. The molecule has 0 saturated carbocycles. The minimum absolute atomic E-state index is 0.0658. The number of halogens is 1. The van der Waals surface area contributed by atoms with Crippen LogP contribution in [0, 0.1) is 6.92 Å². The van der Waals surface area contributed by atoms with E-state index >= 15 is 0 Å². The maximum atomic E-state index is 12.3. The second-order valence-corrected chi connectivity index (χ2v) is 6.63. The fourth-order valence-electron chi connectivity index (χ4n) is 1.83. The quantitative estimate of drug-likeness (QED) is 0.673. The number of rotatable bonds is 5. The standard InChI is InChI=1S/C15H15ClN2O3S/c1-11-4-3-5-12(8-11)10-17-18-22(19,20)15-9-13(16)6-7-14(15)21-2/h3-10,18H,1-2H3/b17-10+. The SMILES string of the molecule is COc1ccc(Cl)cc1S(=O)(=O)N/N=C/c1cccc(C)c1. The van der Waals surface area contributed by atoms with Crippen LogP contribution in [0.3, 0.4) is 0 Å². The molecule has 0 aliphatic rings.